The normalized spacial score (nSPS) is 12.0. The second kappa shape index (κ2) is 12.1. The number of carbonyl (C=O) groups is 1. The Morgan fingerprint density at radius 3 is 2.46 bits per heavy atom. The number of hydrogen-bond donors (Lipinski definition) is 1. The fourth-order valence-electron chi connectivity index (χ4n) is 3.97. The Morgan fingerprint density at radius 1 is 1.00 bits per heavy atom. The number of nitrogens with zero attached hydrogens (tertiary/aromatic N) is 1. The molecule has 0 radical (unpaired) electrons. The van der Waals surface area contributed by atoms with E-state index in [9.17, 15) is 10.1 Å². The van der Waals surface area contributed by atoms with Gasteiger partial charge in [0.2, 0.25) is 0 Å². The molecule has 4 rings (SSSR count). The van der Waals surface area contributed by atoms with Crippen molar-refractivity contribution in [1.29, 1.82) is 5.26 Å². The highest BCUT2D eigenvalue weighted by atomic mass is 35.5. The first-order chi connectivity index (χ1) is 18.0. The van der Waals surface area contributed by atoms with E-state index in [2.05, 4.69) is 29.6 Å². The van der Waals surface area contributed by atoms with Crippen LogP contribution in [0.4, 0.5) is 0 Å². The molecule has 1 N–H and O–H groups in total. The van der Waals surface area contributed by atoms with E-state index in [0.717, 1.165) is 21.9 Å². The van der Waals surface area contributed by atoms with Crippen molar-refractivity contribution in [1.82, 2.24) is 5.32 Å². The minimum absolute atomic E-state index is 0.0360. The SMILES string of the molecule is CCOc1cc(/C=C(/C#N)C(=O)N[C@@H](C)c2ccccc2)cc(Cl)c1OCc1ccc2ccccc2c1. The van der Waals surface area contributed by atoms with Crippen molar-refractivity contribution in [3.8, 4) is 17.6 Å². The van der Waals surface area contributed by atoms with E-state index >= 15 is 0 Å². The summed E-state index contributed by atoms with van der Waals surface area (Å²) < 4.78 is 11.9. The van der Waals surface area contributed by atoms with Crippen LogP contribution in [-0.4, -0.2) is 12.5 Å². The quantitative estimate of drug-likeness (QED) is 0.190. The van der Waals surface area contributed by atoms with Gasteiger partial charge in [-0.05, 0) is 65.6 Å². The van der Waals surface area contributed by atoms with Crippen molar-refractivity contribution in [3.05, 3.63) is 112 Å². The zero-order chi connectivity index (χ0) is 26.2. The fourth-order valence-corrected chi connectivity index (χ4v) is 4.25. The lowest BCUT2D eigenvalue weighted by molar-refractivity contribution is -0.117. The summed E-state index contributed by atoms with van der Waals surface area (Å²) in [5.74, 6) is 0.386. The van der Waals surface area contributed by atoms with Crippen molar-refractivity contribution in [3.63, 3.8) is 0 Å². The largest absolute Gasteiger partial charge is 0.490 e. The summed E-state index contributed by atoms with van der Waals surface area (Å²) in [6.07, 6.45) is 1.49. The number of nitriles is 1. The predicted molar refractivity (Wildman–Crippen MR) is 147 cm³/mol. The van der Waals surface area contributed by atoms with Crippen LogP contribution in [0.3, 0.4) is 0 Å². The third kappa shape index (κ3) is 6.49. The van der Waals surface area contributed by atoms with E-state index < -0.39 is 5.91 Å². The molecule has 0 bridgehead atoms. The zero-order valence-corrected chi connectivity index (χ0v) is 21.5. The van der Waals surface area contributed by atoms with Crippen molar-refractivity contribution >= 4 is 34.4 Å². The molecule has 0 spiro atoms. The van der Waals surface area contributed by atoms with Crippen LogP contribution in [-0.2, 0) is 11.4 Å². The minimum atomic E-state index is -0.468. The summed E-state index contributed by atoms with van der Waals surface area (Å²) in [6, 6.07) is 29.0. The van der Waals surface area contributed by atoms with Crippen LogP contribution in [0.5, 0.6) is 11.5 Å². The molecule has 0 saturated heterocycles. The number of halogens is 1. The molecule has 4 aromatic carbocycles. The smallest absolute Gasteiger partial charge is 0.262 e. The second-order valence-corrected chi connectivity index (χ2v) is 8.92. The maximum absolute atomic E-state index is 12.8. The van der Waals surface area contributed by atoms with Gasteiger partial charge in [0, 0.05) is 0 Å². The molecule has 37 heavy (non-hydrogen) atoms. The first-order valence-electron chi connectivity index (χ1n) is 12.0. The van der Waals surface area contributed by atoms with E-state index in [0.29, 0.717) is 35.3 Å². The van der Waals surface area contributed by atoms with Gasteiger partial charge in [-0.1, -0.05) is 78.3 Å². The van der Waals surface area contributed by atoms with Crippen LogP contribution in [0.25, 0.3) is 16.8 Å². The Hall–Kier alpha value is -4.27. The summed E-state index contributed by atoms with van der Waals surface area (Å²) in [6.45, 7) is 4.44. The summed E-state index contributed by atoms with van der Waals surface area (Å²) in [7, 11) is 0. The third-order valence-corrected chi connectivity index (χ3v) is 6.13. The van der Waals surface area contributed by atoms with Gasteiger partial charge in [-0.25, -0.2) is 0 Å². The Kier molecular flexibility index (Phi) is 8.45. The second-order valence-electron chi connectivity index (χ2n) is 8.51. The van der Waals surface area contributed by atoms with Gasteiger partial charge >= 0.3 is 0 Å². The number of amides is 1. The third-order valence-electron chi connectivity index (χ3n) is 5.85. The molecule has 0 heterocycles. The number of carbonyl (C=O) groups excluding carboxylic acids is 1. The highest BCUT2D eigenvalue weighted by Gasteiger charge is 2.16. The monoisotopic (exact) mass is 510 g/mol. The highest BCUT2D eigenvalue weighted by Crippen LogP contribution is 2.38. The van der Waals surface area contributed by atoms with E-state index in [1.807, 2.05) is 68.4 Å². The van der Waals surface area contributed by atoms with Gasteiger partial charge in [-0.2, -0.15) is 5.26 Å². The molecule has 4 aromatic rings. The molecule has 1 amide bonds. The van der Waals surface area contributed by atoms with Crippen molar-refractivity contribution in [2.75, 3.05) is 6.61 Å². The maximum Gasteiger partial charge on any atom is 0.262 e. The van der Waals surface area contributed by atoms with Crippen LogP contribution in [0.1, 0.15) is 36.6 Å². The molecule has 5 nitrogen and oxygen atoms in total. The molecule has 6 heteroatoms. The maximum atomic E-state index is 12.8. The molecule has 186 valence electrons. The lowest BCUT2D eigenvalue weighted by Crippen LogP contribution is -2.27. The van der Waals surface area contributed by atoms with Crippen LogP contribution in [0.15, 0.2) is 90.5 Å². The molecule has 1 atom stereocenters. The highest BCUT2D eigenvalue weighted by molar-refractivity contribution is 6.32. The molecule has 0 aromatic heterocycles. The van der Waals surface area contributed by atoms with Gasteiger partial charge < -0.3 is 14.8 Å². The minimum Gasteiger partial charge on any atom is -0.490 e. The van der Waals surface area contributed by atoms with Gasteiger partial charge in [-0.15, -0.1) is 0 Å². The topological polar surface area (TPSA) is 71.3 Å². The molecule has 0 saturated carbocycles. The van der Waals surface area contributed by atoms with Gasteiger partial charge in [0.1, 0.15) is 18.2 Å². The van der Waals surface area contributed by atoms with Crippen LogP contribution < -0.4 is 14.8 Å². The van der Waals surface area contributed by atoms with E-state index in [-0.39, 0.29) is 11.6 Å². The molecular formula is C31H27ClN2O3. The van der Waals surface area contributed by atoms with Gasteiger partial charge in [0.05, 0.1) is 17.7 Å². The lowest BCUT2D eigenvalue weighted by Gasteiger charge is -2.15. The number of hydrogen-bond acceptors (Lipinski definition) is 4. The number of benzene rings is 4. The summed E-state index contributed by atoms with van der Waals surface area (Å²) in [5, 5.41) is 15.1. The summed E-state index contributed by atoms with van der Waals surface area (Å²) in [4.78, 5) is 12.8. The van der Waals surface area contributed by atoms with Crippen LogP contribution >= 0.6 is 11.6 Å². The molecule has 0 aliphatic rings. The van der Waals surface area contributed by atoms with E-state index in [4.69, 9.17) is 21.1 Å². The van der Waals surface area contributed by atoms with Crippen molar-refractivity contribution in [2.24, 2.45) is 0 Å². The molecular weight excluding hydrogens is 484 g/mol. The first-order valence-corrected chi connectivity index (χ1v) is 12.4. The molecule has 0 unspecified atom stereocenters. The predicted octanol–water partition coefficient (Wildman–Crippen LogP) is 7.26. The Morgan fingerprint density at radius 2 is 1.73 bits per heavy atom. The number of ether oxygens (including phenoxy) is 2. The van der Waals surface area contributed by atoms with Crippen molar-refractivity contribution in [2.45, 2.75) is 26.5 Å². The number of fused-ring (bicyclic) bond motifs is 1. The number of nitrogens with one attached hydrogen (secondary N) is 1. The molecule has 0 aliphatic carbocycles. The Balaban J connectivity index is 1.54. The first kappa shape index (κ1) is 25.8. The van der Waals surface area contributed by atoms with Crippen LogP contribution in [0.2, 0.25) is 5.02 Å². The number of rotatable bonds is 9. The van der Waals surface area contributed by atoms with Crippen LogP contribution in [0, 0.1) is 11.3 Å². The zero-order valence-electron chi connectivity index (χ0n) is 20.7. The fraction of sp³-hybridized carbons (Fsp3) is 0.161. The van der Waals surface area contributed by atoms with Gasteiger partial charge in [0.15, 0.2) is 11.5 Å². The molecule has 0 fully saturated rings. The van der Waals surface area contributed by atoms with Crippen molar-refractivity contribution < 1.29 is 14.3 Å². The van der Waals surface area contributed by atoms with E-state index in [1.165, 1.54) is 6.08 Å². The van der Waals surface area contributed by atoms with Gasteiger partial charge in [-0.3, -0.25) is 4.79 Å². The summed E-state index contributed by atoms with van der Waals surface area (Å²) in [5.41, 5.74) is 2.47. The van der Waals surface area contributed by atoms with Gasteiger partial charge in [0.25, 0.3) is 5.91 Å². The standard InChI is InChI=1S/C31H27ClN2O3/c1-3-36-29-18-23(16-27(19-33)31(35)34-21(2)24-9-5-4-6-10-24)17-28(32)30(29)37-20-22-13-14-25-11-7-8-12-26(25)15-22/h4-18,21H,3,20H2,1-2H3,(H,34,35)/b27-16-/t21-/m0/s1. The summed E-state index contributed by atoms with van der Waals surface area (Å²) >= 11 is 6.58. The Labute approximate surface area is 221 Å². The average Bonchev–Trinajstić information content (AvgIpc) is 2.91. The average molecular weight is 511 g/mol. The Bertz CT molecular complexity index is 1480. The molecule has 0 aliphatic heterocycles. The van der Waals surface area contributed by atoms with E-state index in [1.54, 1.807) is 12.1 Å². The lowest BCUT2D eigenvalue weighted by atomic mass is 10.1.